The van der Waals surface area contributed by atoms with Crippen molar-refractivity contribution in [2.45, 2.75) is 31.7 Å². The number of carbonyl (C=O) groups excluding carboxylic acids is 1. The number of aliphatic carboxylic acids is 1. The number of ether oxygens (including phenoxy) is 2. The minimum Gasteiger partial charge on any atom is -0.497 e. The lowest BCUT2D eigenvalue weighted by molar-refractivity contribution is -0.137. The summed E-state index contributed by atoms with van der Waals surface area (Å²) in [5.41, 5.74) is 2.96. The third kappa shape index (κ3) is 4.97. The van der Waals surface area contributed by atoms with Crippen molar-refractivity contribution in [2.24, 2.45) is 5.10 Å². The lowest BCUT2D eigenvalue weighted by Gasteiger charge is -2.23. The number of pyridine rings is 1. The number of carbonyl (C=O) groups is 2. The van der Waals surface area contributed by atoms with Gasteiger partial charge in [-0.1, -0.05) is 11.6 Å². The SMILES string of the molecule is COc1ccc(C2=NN(C(=O)CCCC(=O)O)[C@@H](c3cc4cc(OC)ccc4nc3Cl)C2)cc1. The Morgan fingerprint density at radius 2 is 1.76 bits per heavy atom. The highest BCUT2D eigenvalue weighted by Crippen LogP contribution is 2.38. The predicted molar refractivity (Wildman–Crippen MR) is 129 cm³/mol. The van der Waals surface area contributed by atoms with E-state index in [0.29, 0.717) is 23.3 Å². The third-order valence-corrected chi connectivity index (χ3v) is 6.03. The fourth-order valence-corrected chi connectivity index (χ4v) is 4.23. The monoisotopic (exact) mass is 481 g/mol. The summed E-state index contributed by atoms with van der Waals surface area (Å²) in [6.45, 7) is 0. The minimum atomic E-state index is -0.941. The second-order valence-corrected chi connectivity index (χ2v) is 8.27. The molecule has 2 aromatic carbocycles. The van der Waals surface area contributed by atoms with Gasteiger partial charge in [0.1, 0.15) is 16.7 Å². The molecule has 9 heteroatoms. The molecule has 1 aliphatic rings. The van der Waals surface area contributed by atoms with E-state index in [9.17, 15) is 9.59 Å². The fourth-order valence-electron chi connectivity index (χ4n) is 3.95. The van der Waals surface area contributed by atoms with Crippen LogP contribution in [0, 0.1) is 0 Å². The molecular weight excluding hydrogens is 458 g/mol. The average molecular weight is 482 g/mol. The number of benzene rings is 2. The maximum Gasteiger partial charge on any atom is 0.303 e. The van der Waals surface area contributed by atoms with Crippen molar-refractivity contribution in [3.63, 3.8) is 0 Å². The van der Waals surface area contributed by atoms with Gasteiger partial charge >= 0.3 is 5.97 Å². The molecule has 1 aliphatic heterocycles. The van der Waals surface area contributed by atoms with Crippen LogP contribution in [0.1, 0.15) is 42.9 Å². The van der Waals surface area contributed by atoms with Crippen molar-refractivity contribution >= 4 is 40.1 Å². The van der Waals surface area contributed by atoms with Crippen LogP contribution in [-0.4, -0.2) is 46.9 Å². The normalized spacial score (nSPS) is 15.3. The maximum atomic E-state index is 13.1. The van der Waals surface area contributed by atoms with Crippen molar-refractivity contribution in [3.8, 4) is 11.5 Å². The van der Waals surface area contributed by atoms with Crippen molar-refractivity contribution < 1.29 is 24.2 Å². The third-order valence-electron chi connectivity index (χ3n) is 5.73. The van der Waals surface area contributed by atoms with E-state index in [1.807, 2.05) is 48.5 Å². The Hall–Kier alpha value is -3.65. The van der Waals surface area contributed by atoms with Crippen LogP contribution in [0.5, 0.6) is 11.5 Å². The predicted octanol–water partition coefficient (Wildman–Crippen LogP) is 4.84. The summed E-state index contributed by atoms with van der Waals surface area (Å²) in [6, 6.07) is 14.4. The topological polar surface area (TPSA) is 101 Å². The summed E-state index contributed by atoms with van der Waals surface area (Å²) in [5.74, 6) is 0.197. The van der Waals surface area contributed by atoms with Crippen LogP contribution in [0.15, 0.2) is 53.6 Å². The van der Waals surface area contributed by atoms with Crippen LogP contribution in [0.25, 0.3) is 10.9 Å². The van der Waals surface area contributed by atoms with Gasteiger partial charge in [-0.2, -0.15) is 5.10 Å². The highest BCUT2D eigenvalue weighted by Gasteiger charge is 2.34. The Balaban J connectivity index is 1.70. The molecule has 0 spiro atoms. The molecule has 0 saturated carbocycles. The highest BCUT2D eigenvalue weighted by atomic mass is 35.5. The Morgan fingerprint density at radius 3 is 2.44 bits per heavy atom. The summed E-state index contributed by atoms with van der Waals surface area (Å²) in [6.07, 6.45) is 0.644. The number of carboxylic acid groups (broad SMARTS) is 1. The van der Waals surface area contributed by atoms with Crippen LogP contribution >= 0.6 is 11.6 Å². The van der Waals surface area contributed by atoms with Gasteiger partial charge in [-0.3, -0.25) is 9.59 Å². The number of carboxylic acids is 1. The Kier molecular flexibility index (Phi) is 6.98. The first kappa shape index (κ1) is 23.5. The first-order valence-electron chi connectivity index (χ1n) is 10.8. The molecule has 0 unspecified atom stereocenters. The van der Waals surface area contributed by atoms with E-state index in [2.05, 4.69) is 10.1 Å². The molecule has 0 radical (unpaired) electrons. The zero-order valence-electron chi connectivity index (χ0n) is 18.8. The van der Waals surface area contributed by atoms with Crippen LogP contribution in [-0.2, 0) is 9.59 Å². The summed E-state index contributed by atoms with van der Waals surface area (Å²) in [7, 11) is 3.19. The number of hydrogen-bond acceptors (Lipinski definition) is 6. The molecule has 8 nitrogen and oxygen atoms in total. The number of rotatable bonds is 8. The highest BCUT2D eigenvalue weighted by molar-refractivity contribution is 6.30. The van der Waals surface area contributed by atoms with Crippen molar-refractivity contribution in [1.29, 1.82) is 0 Å². The van der Waals surface area contributed by atoms with E-state index in [0.717, 1.165) is 22.4 Å². The van der Waals surface area contributed by atoms with Gasteiger partial charge in [0.15, 0.2) is 0 Å². The summed E-state index contributed by atoms with van der Waals surface area (Å²) in [5, 5.41) is 16.1. The van der Waals surface area contributed by atoms with E-state index in [-0.39, 0.29) is 30.3 Å². The molecule has 0 bridgehead atoms. The Labute approximate surface area is 201 Å². The van der Waals surface area contributed by atoms with Gasteiger partial charge in [-0.05, 0) is 60.5 Å². The molecule has 1 atom stereocenters. The smallest absolute Gasteiger partial charge is 0.303 e. The van der Waals surface area contributed by atoms with E-state index < -0.39 is 12.0 Å². The first-order chi connectivity index (χ1) is 16.4. The van der Waals surface area contributed by atoms with E-state index in [1.54, 1.807) is 14.2 Å². The molecule has 0 saturated heterocycles. The lowest BCUT2D eigenvalue weighted by Crippen LogP contribution is -2.27. The molecule has 1 amide bonds. The number of aromatic nitrogens is 1. The summed E-state index contributed by atoms with van der Waals surface area (Å²) in [4.78, 5) is 28.5. The summed E-state index contributed by atoms with van der Waals surface area (Å²) < 4.78 is 10.6. The fraction of sp³-hybridized carbons (Fsp3) is 0.280. The Morgan fingerprint density at radius 1 is 1.06 bits per heavy atom. The van der Waals surface area contributed by atoms with Crippen LogP contribution in [0.2, 0.25) is 5.15 Å². The second kappa shape index (κ2) is 10.1. The van der Waals surface area contributed by atoms with Crippen molar-refractivity contribution in [1.82, 2.24) is 9.99 Å². The van der Waals surface area contributed by atoms with Gasteiger partial charge < -0.3 is 14.6 Å². The number of hydrazone groups is 1. The number of fused-ring (bicyclic) bond motifs is 1. The number of nitrogens with zero attached hydrogens (tertiary/aromatic N) is 3. The number of methoxy groups -OCH3 is 2. The van der Waals surface area contributed by atoms with Gasteiger partial charge in [0.2, 0.25) is 5.91 Å². The minimum absolute atomic E-state index is 0.0641. The molecule has 176 valence electrons. The van der Waals surface area contributed by atoms with Gasteiger partial charge in [0.25, 0.3) is 0 Å². The zero-order chi connectivity index (χ0) is 24.2. The van der Waals surface area contributed by atoms with Crippen LogP contribution < -0.4 is 9.47 Å². The zero-order valence-corrected chi connectivity index (χ0v) is 19.6. The molecule has 0 aliphatic carbocycles. The molecule has 1 N–H and O–H groups in total. The number of halogens is 1. The quantitative estimate of drug-likeness (QED) is 0.462. The molecule has 34 heavy (non-hydrogen) atoms. The molecule has 1 aromatic heterocycles. The van der Waals surface area contributed by atoms with Crippen LogP contribution in [0.4, 0.5) is 0 Å². The number of hydrogen-bond donors (Lipinski definition) is 1. The molecular formula is C25H24ClN3O5. The van der Waals surface area contributed by atoms with Crippen molar-refractivity contribution in [3.05, 3.63) is 64.8 Å². The largest absolute Gasteiger partial charge is 0.497 e. The molecule has 3 aromatic rings. The average Bonchev–Trinajstić information content (AvgIpc) is 3.28. The molecule has 2 heterocycles. The standard InChI is InChI=1S/C25H24ClN3O5/c1-33-17-8-6-15(7-9-17)21-14-22(29(28-21)23(30)4-3-5-24(31)32)19-13-16-12-18(34-2)10-11-20(16)27-25(19)26/h6-13,22H,3-5,14H2,1-2H3,(H,31,32)/t22-/m1/s1. The maximum absolute atomic E-state index is 13.1. The molecule has 0 fully saturated rings. The number of amides is 1. The van der Waals surface area contributed by atoms with E-state index >= 15 is 0 Å². The van der Waals surface area contributed by atoms with Gasteiger partial charge in [0, 0.05) is 30.2 Å². The Bertz CT molecular complexity index is 1260. The van der Waals surface area contributed by atoms with Gasteiger partial charge in [-0.15, -0.1) is 0 Å². The lowest BCUT2D eigenvalue weighted by atomic mass is 9.98. The second-order valence-electron chi connectivity index (χ2n) is 7.91. The van der Waals surface area contributed by atoms with E-state index in [1.165, 1.54) is 5.01 Å². The van der Waals surface area contributed by atoms with Gasteiger partial charge in [-0.25, -0.2) is 9.99 Å². The van der Waals surface area contributed by atoms with Crippen LogP contribution in [0.3, 0.4) is 0 Å². The van der Waals surface area contributed by atoms with Crippen molar-refractivity contribution in [2.75, 3.05) is 14.2 Å². The first-order valence-corrected chi connectivity index (χ1v) is 11.2. The van der Waals surface area contributed by atoms with E-state index in [4.69, 9.17) is 26.2 Å². The summed E-state index contributed by atoms with van der Waals surface area (Å²) >= 11 is 6.58. The van der Waals surface area contributed by atoms with Gasteiger partial charge in [0.05, 0.1) is 31.5 Å². The molecule has 4 rings (SSSR count).